The van der Waals surface area contributed by atoms with Gasteiger partial charge >= 0.3 is 0 Å². The van der Waals surface area contributed by atoms with Crippen LogP contribution in [0.1, 0.15) is 51.4 Å². The summed E-state index contributed by atoms with van der Waals surface area (Å²) < 4.78 is 11.3. The quantitative estimate of drug-likeness (QED) is 0.722. The van der Waals surface area contributed by atoms with Crippen molar-refractivity contribution in [3.05, 3.63) is 0 Å². The number of nitrogens with two attached hydrogens (primary N) is 1. The summed E-state index contributed by atoms with van der Waals surface area (Å²) in [6.07, 6.45) is 8.30. The van der Waals surface area contributed by atoms with Gasteiger partial charge < -0.3 is 20.5 Å². The van der Waals surface area contributed by atoms with Crippen LogP contribution in [-0.2, 0) is 14.3 Å². The Balaban J connectivity index is 1.47. The monoisotopic (exact) mass is 284 g/mol. The highest BCUT2D eigenvalue weighted by atomic mass is 16.5. The third-order valence-electron chi connectivity index (χ3n) is 4.16. The number of ether oxygens (including phenoxy) is 2. The van der Waals surface area contributed by atoms with Gasteiger partial charge in [-0.15, -0.1) is 0 Å². The van der Waals surface area contributed by atoms with Gasteiger partial charge in [-0.2, -0.15) is 0 Å². The molecule has 1 atom stereocenters. The van der Waals surface area contributed by atoms with E-state index >= 15 is 0 Å². The van der Waals surface area contributed by atoms with Gasteiger partial charge in [0, 0.05) is 25.8 Å². The zero-order chi connectivity index (χ0) is 14.2. The van der Waals surface area contributed by atoms with Crippen LogP contribution in [-0.4, -0.2) is 43.9 Å². The Labute approximate surface area is 121 Å². The summed E-state index contributed by atoms with van der Waals surface area (Å²) in [6.45, 7) is 2.10. The Morgan fingerprint density at radius 3 is 2.70 bits per heavy atom. The van der Waals surface area contributed by atoms with E-state index in [9.17, 15) is 4.79 Å². The summed E-state index contributed by atoms with van der Waals surface area (Å²) in [7, 11) is 0. The highest BCUT2D eigenvalue weighted by Crippen LogP contribution is 2.19. The van der Waals surface area contributed by atoms with Crippen molar-refractivity contribution in [1.82, 2.24) is 5.32 Å². The molecule has 0 aromatic heterocycles. The van der Waals surface area contributed by atoms with Crippen LogP contribution in [0.15, 0.2) is 0 Å². The average molecular weight is 284 g/mol. The maximum Gasteiger partial charge on any atom is 0.249 e. The molecule has 116 valence electrons. The SMILES string of the molecule is NC1CCC(OCCCNC(=O)C2CCCCO2)CC1. The predicted octanol–water partition coefficient (Wildman–Crippen LogP) is 1.35. The minimum absolute atomic E-state index is 0.0355. The lowest BCUT2D eigenvalue weighted by molar-refractivity contribution is -0.135. The van der Waals surface area contributed by atoms with Crippen molar-refractivity contribution in [3.8, 4) is 0 Å². The summed E-state index contributed by atoms with van der Waals surface area (Å²) in [5, 5.41) is 2.93. The van der Waals surface area contributed by atoms with Crippen LogP contribution in [0.2, 0.25) is 0 Å². The largest absolute Gasteiger partial charge is 0.378 e. The van der Waals surface area contributed by atoms with E-state index in [4.69, 9.17) is 15.2 Å². The molecule has 0 radical (unpaired) electrons. The topological polar surface area (TPSA) is 73.6 Å². The standard InChI is InChI=1S/C15H28N2O3/c16-12-5-7-13(8-6-12)19-11-3-9-17-15(18)14-4-1-2-10-20-14/h12-14H,1-11,16H2,(H,17,18). The second kappa shape index (κ2) is 8.60. The molecule has 0 aromatic rings. The highest BCUT2D eigenvalue weighted by Gasteiger charge is 2.21. The minimum atomic E-state index is -0.232. The van der Waals surface area contributed by atoms with Gasteiger partial charge in [0.05, 0.1) is 6.10 Å². The molecule has 1 saturated carbocycles. The fourth-order valence-electron chi connectivity index (χ4n) is 2.85. The number of rotatable bonds is 6. The summed E-state index contributed by atoms with van der Waals surface area (Å²) in [5.41, 5.74) is 5.86. The van der Waals surface area contributed by atoms with Gasteiger partial charge in [-0.1, -0.05) is 0 Å². The lowest BCUT2D eigenvalue weighted by Gasteiger charge is -2.26. The second-order valence-electron chi connectivity index (χ2n) is 5.91. The number of carbonyl (C=O) groups excluding carboxylic acids is 1. The van der Waals surface area contributed by atoms with E-state index < -0.39 is 0 Å². The molecule has 0 bridgehead atoms. The Hall–Kier alpha value is -0.650. The molecule has 1 heterocycles. The van der Waals surface area contributed by atoms with Crippen molar-refractivity contribution in [1.29, 1.82) is 0 Å². The average Bonchev–Trinajstić information content (AvgIpc) is 2.49. The molecular formula is C15H28N2O3. The summed E-state index contributed by atoms with van der Waals surface area (Å²) >= 11 is 0. The maximum absolute atomic E-state index is 11.8. The van der Waals surface area contributed by atoms with Crippen LogP contribution in [0.3, 0.4) is 0 Å². The number of amides is 1. The van der Waals surface area contributed by atoms with Gasteiger partial charge in [0.25, 0.3) is 0 Å². The summed E-state index contributed by atoms with van der Waals surface area (Å²) in [6, 6.07) is 0.365. The third-order valence-corrected chi connectivity index (χ3v) is 4.16. The van der Waals surface area contributed by atoms with Crippen LogP contribution in [0.4, 0.5) is 0 Å². The first-order valence-electron chi connectivity index (χ1n) is 8.02. The van der Waals surface area contributed by atoms with Crippen LogP contribution >= 0.6 is 0 Å². The molecule has 2 fully saturated rings. The Morgan fingerprint density at radius 1 is 1.20 bits per heavy atom. The zero-order valence-electron chi connectivity index (χ0n) is 12.3. The molecule has 0 spiro atoms. The number of carbonyl (C=O) groups is 1. The van der Waals surface area contributed by atoms with Crippen molar-refractivity contribution in [2.24, 2.45) is 5.73 Å². The Kier molecular flexibility index (Phi) is 6.76. The summed E-state index contributed by atoms with van der Waals surface area (Å²) in [5.74, 6) is 0.0355. The van der Waals surface area contributed by atoms with Crippen molar-refractivity contribution >= 4 is 5.91 Å². The normalized spacial score (nSPS) is 30.9. The van der Waals surface area contributed by atoms with Crippen LogP contribution in [0.5, 0.6) is 0 Å². The maximum atomic E-state index is 11.8. The van der Waals surface area contributed by atoms with Crippen LogP contribution in [0.25, 0.3) is 0 Å². The zero-order valence-corrected chi connectivity index (χ0v) is 12.3. The lowest BCUT2D eigenvalue weighted by Crippen LogP contribution is -2.39. The van der Waals surface area contributed by atoms with Crippen molar-refractivity contribution < 1.29 is 14.3 Å². The lowest BCUT2D eigenvalue weighted by atomic mass is 9.94. The van der Waals surface area contributed by atoms with E-state index in [1.807, 2.05) is 0 Å². The van der Waals surface area contributed by atoms with Crippen LogP contribution in [0, 0.1) is 0 Å². The fraction of sp³-hybridized carbons (Fsp3) is 0.933. The van der Waals surface area contributed by atoms with E-state index in [1.165, 1.54) is 0 Å². The number of nitrogens with one attached hydrogen (secondary N) is 1. The van der Waals surface area contributed by atoms with E-state index in [-0.39, 0.29) is 12.0 Å². The van der Waals surface area contributed by atoms with E-state index in [0.29, 0.717) is 31.9 Å². The molecule has 5 heteroatoms. The molecule has 1 saturated heterocycles. The van der Waals surface area contributed by atoms with Gasteiger partial charge in [-0.25, -0.2) is 0 Å². The fourth-order valence-corrected chi connectivity index (χ4v) is 2.85. The highest BCUT2D eigenvalue weighted by molar-refractivity contribution is 5.80. The van der Waals surface area contributed by atoms with Crippen molar-refractivity contribution in [2.45, 2.75) is 69.6 Å². The smallest absolute Gasteiger partial charge is 0.249 e. The molecule has 20 heavy (non-hydrogen) atoms. The van der Waals surface area contributed by atoms with Crippen LogP contribution < -0.4 is 11.1 Å². The van der Waals surface area contributed by atoms with Gasteiger partial charge in [0.15, 0.2) is 0 Å². The van der Waals surface area contributed by atoms with E-state index in [2.05, 4.69) is 5.32 Å². The molecule has 2 rings (SSSR count). The van der Waals surface area contributed by atoms with Gasteiger partial charge in [-0.3, -0.25) is 4.79 Å². The molecule has 1 aliphatic carbocycles. The van der Waals surface area contributed by atoms with Gasteiger partial charge in [0.1, 0.15) is 6.10 Å². The number of hydrogen-bond acceptors (Lipinski definition) is 4. The first-order valence-corrected chi connectivity index (χ1v) is 8.02. The third kappa shape index (κ3) is 5.38. The Bertz CT molecular complexity index is 285. The van der Waals surface area contributed by atoms with Crippen molar-refractivity contribution in [3.63, 3.8) is 0 Å². The van der Waals surface area contributed by atoms with Gasteiger partial charge in [0.2, 0.25) is 5.91 Å². The molecule has 1 aliphatic heterocycles. The summed E-state index contributed by atoms with van der Waals surface area (Å²) in [4.78, 5) is 11.8. The molecule has 2 aliphatic rings. The first-order chi connectivity index (χ1) is 9.75. The van der Waals surface area contributed by atoms with Gasteiger partial charge in [-0.05, 0) is 51.4 Å². The van der Waals surface area contributed by atoms with E-state index in [1.54, 1.807) is 0 Å². The molecule has 5 nitrogen and oxygen atoms in total. The minimum Gasteiger partial charge on any atom is -0.378 e. The first kappa shape index (κ1) is 15.7. The predicted molar refractivity (Wildman–Crippen MR) is 77.4 cm³/mol. The molecule has 3 N–H and O–H groups in total. The van der Waals surface area contributed by atoms with E-state index in [0.717, 1.165) is 51.4 Å². The molecular weight excluding hydrogens is 256 g/mol. The molecule has 1 amide bonds. The molecule has 0 aromatic carbocycles. The molecule has 1 unspecified atom stereocenters. The number of hydrogen-bond donors (Lipinski definition) is 2. The van der Waals surface area contributed by atoms with Crippen molar-refractivity contribution in [2.75, 3.05) is 19.8 Å². The second-order valence-corrected chi connectivity index (χ2v) is 5.91. The Morgan fingerprint density at radius 2 is 2.00 bits per heavy atom.